The third-order valence-electron chi connectivity index (χ3n) is 3.70. The van der Waals surface area contributed by atoms with Crippen LogP contribution in [0.1, 0.15) is 11.7 Å². The van der Waals surface area contributed by atoms with Crippen molar-refractivity contribution in [2.24, 2.45) is 4.99 Å². The fraction of sp³-hybridized carbons (Fsp3) is 0.0588. The van der Waals surface area contributed by atoms with Gasteiger partial charge in [-0.05, 0) is 36.4 Å². The fourth-order valence-corrected chi connectivity index (χ4v) is 3.07. The highest BCUT2D eigenvalue weighted by Crippen LogP contribution is 2.30. The molecule has 22 heavy (non-hydrogen) atoms. The Bertz CT molecular complexity index is 881. The zero-order chi connectivity index (χ0) is 14.9. The number of pyridine rings is 1. The normalized spacial score (nSPS) is 17.3. The van der Waals surface area contributed by atoms with Gasteiger partial charge in [0.15, 0.2) is 0 Å². The molecule has 0 saturated carbocycles. The van der Waals surface area contributed by atoms with Crippen LogP contribution in [0.4, 0.5) is 5.69 Å². The predicted molar refractivity (Wildman–Crippen MR) is 92.2 cm³/mol. The Balaban J connectivity index is 1.82. The molecule has 1 atom stereocenters. The summed E-state index contributed by atoms with van der Waals surface area (Å²) in [6, 6.07) is 14.3. The van der Waals surface area contributed by atoms with Crippen LogP contribution < -0.4 is 4.90 Å². The van der Waals surface area contributed by atoms with E-state index in [9.17, 15) is 0 Å². The molecular weight excluding hydrogens is 340 g/mol. The molecule has 0 N–H and O–H groups in total. The Morgan fingerprint density at radius 2 is 2.05 bits per heavy atom. The molecule has 4 rings (SSSR count). The average Bonchev–Trinajstić information content (AvgIpc) is 2.99. The molecule has 108 valence electrons. The van der Waals surface area contributed by atoms with Crippen molar-refractivity contribution in [2.75, 3.05) is 4.90 Å². The molecule has 0 aliphatic carbocycles. The van der Waals surface area contributed by atoms with Gasteiger partial charge in [0.2, 0.25) is 0 Å². The van der Waals surface area contributed by atoms with Gasteiger partial charge in [-0.3, -0.25) is 0 Å². The summed E-state index contributed by atoms with van der Waals surface area (Å²) in [7, 11) is 0. The number of hydrogen-bond donors (Lipinski definition) is 0. The maximum absolute atomic E-state index is 4.49. The summed E-state index contributed by atoms with van der Waals surface area (Å²) in [4.78, 5) is 10.9. The van der Waals surface area contributed by atoms with E-state index in [2.05, 4.69) is 53.4 Å². The van der Waals surface area contributed by atoms with Gasteiger partial charge in [-0.15, -0.1) is 0 Å². The Morgan fingerprint density at radius 3 is 2.95 bits per heavy atom. The molecule has 2 aromatic heterocycles. The molecule has 1 aliphatic heterocycles. The second-order valence-corrected chi connectivity index (χ2v) is 5.97. The highest BCUT2D eigenvalue weighted by molar-refractivity contribution is 9.10. The molecule has 3 aromatic rings. The number of nitrogens with zero attached hydrogens (tertiary/aromatic N) is 4. The fourth-order valence-electron chi connectivity index (χ4n) is 2.68. The standard InChI is InChI=1S/C17H13BrN4/c18-13-4-3-5-14(10-13)22-12-19-8-7-15(22)16-11-20-17-6-1-2-9-21(16)17/h1-12,15H. The van der Waals surface area contributed by atoms with Crippen molar-refractivity contribution < 1.29 is 0 Å². The van der Waals surface area contributed by atoms with Crippen molar-refractivity contribution in [2.45, 2.75) is 6.04 Å². The first-order valence-electron chi connectivity index (χ1n) is 6.99. The van der Waals surface area contributed by atoms with Gasteiger partial charge in [-0.1, -0.05) is 28.1 Å². The number of anilines is 1. The largest absolute Gasteiger partial charge is 0.320 e. The van der Waals surface area contributed by atoms with Crippen LogP contribution in [-0.4, -0.2) is 15.7 Å². The Morgan fingerprint density at radius 1 is 1.09 bits per heavy atom. The highest BCUT2D eigenvalue weighted by Gasteiger charge is 2.22. The number of rotatable bonds is 2. The van der Waals surface area contributed by atoms with Crippen LogP contribution in [0.15, 0.2) is 76.6 Å². The van der Waals surface area contributed by atoms with E-state index in [1.807, 2.05) is 55.3 Å². The first-order chi connectivity index (χ1) is 10.8. The van der Waals surface area contributed by atoms with E-state index in [1.165, 1.54) is 0 Å². The predicted octanol–water partition coefficient (Wildman–Crippen LogP) is 4.20. The van der Waals surface area contributed by atoms with Crippen LogP contribution in [0, 0.1) is 0 Å². The van der Waals surface area contributed by atoms with E-state index in [-0.39, 0.29) is 6.04 Å². The molecule has 0 fully saturated rings. The molecule has 3 heterocycles. The molecule has 0 spiro atoms. The van der Waals surface area contributed by atoms with E-state index >= 15 is 0 Å². The van der Waals surface area contributed by atoms with E-state index in [4.69, 9.17) is 0 Å². The average molecular weight is 353 g/mol. The van der Waals surface area contributed by atoms with E-state index in [0.717, 1.165) is 21.5 Å². The lowest BCUT2D eigenvalue weighted by atomic mass is 10.1. The van der Waals surface area contributed by atoms with Crippen LogP contribution in [0.5, 0.6) is 0 Å². The number of halogens is 1. The monoisotopic (exact) mass is 352 g/mol. The van der Waals surface area contributed by atoms with E-state index < -0.39 is 0 Å². The highest BCUT2D eigenvalue weighted by atomic mass is 79.9. The molecule has 5 heteroatoms. The quantitative estimate of drug-likeness (QED) is 0.692. The zero-order valence-corrected chi connectivity index (χ0v) is 13.3. The number of aromatic nitrogens is 2. The van der Waals surface area contributed by atoms with Gasteiger partial charge >= 0.3 is 0 Å². The Labute approximate surface area is 136 Å². The van der Waals surface area contributed by atoms with Crippen LogP contribution in [0.2, 0.25) is 0 Å². The molecule has 4 nitrogen and oxygen atoms in total. The Hall–Kier alpha value is -2.40. The summed E-state index contributed by atoms with van der Waals surface area (Å²) in [5.74, 6) is 0. The van der Waals surface area contributed by atoms with Gasteiger partial charge in [0, 0.05) is 22.6 Å². The molecule has 0 saturated heterocycles. The van der Waals surface area contributed by atoms with Crippen molar-refractivity contribution in [3.8, 4) is 0 Å². The van der Waals surface area contributed by atoms with Crippen molar-refractivity contribution in [3.05, 3.63) is 77.3 Å². The number of benzene rings is 1. The number of aliphatic imine (C=N–C) groups is 1. The first-order valence-corrected chi connectivity index (χ1v) is 7.78. The maximum Gasteiger partial charge on any atom is 0.136 e. The number of fused-ring (bicyclic) bond motifs is 1. The lowest BCUT2D eigenvalue weighted by molar-refractivity contribution is 0.816. The van der Waals surface area contributed by atoms with E-state index in [1.54, 1.807) is 0 Å². The summed E-state index contributed by atoms with van der Waals surface area (Å²) in [5.41, 5.74) is 3.14. The molecule has 1 aliphatic rings. The zero-order valence-electron chi connectivity index (χ0n) is 11.7. The van der Waals surface area contributed by atoms with Crippen molar-refractivity contribution >= 4 is 33.6 Å². The summed E-state index contributed by atoms with van der Waals surface area (Å²) >= 11 is 3.53. The van der Waals surface area contributed by atoms with Crippen molar-refractivity contribution in [1.82, 2.24) is 9.38 Å². The van der Waals surface area contributed by atoms with Gasteiger partial charge < -0.3 is 9.30 Å². The summed E-state index contributed by atoms with van der Waals surface area (Å²) in [6.07, 6.45) is 9.73. The minimum Gasteiger partial charge on any atom is -0.320 e. The molecule has 1 aromatic carbocycles. The number of hydrogen-bond acceptors (Lipinski definition) is 3. The molecule has 0 bridgehead atoms. The number of imidazole rings is 1. The summed E-state index contributed by atoms with van der Waals surface area (Å²) in [6.45, 7) is 0. The van der Waals surface area contributed by atoms with Crippen molar-refractivity contribution in [3.63, 3.8) is 0 Å². The minimum atomic E-state index is 0.0594. The van der Waals surface area contributed by atoms with Crippen LogP contribution in [-0.2, 0) is 0 Å². The van der Waals surface area contributed by atoms with Gasteiger partial charge in [0.1, 0.15) is 5.65 Å². The van der Waals surface area contributed by atoms with E-state index in [0.29, 0.717) is 0 Å². The smallest absolute Gasteiger partial charge is 0.136 e. The third kappa shape index (κ3) is 2.23. The van der Waals surface area contributed by atoms with Gasteiger partial charge in [0.05, 0.1) is 24.3 Å². The SMILES string of the molecule is Brc1cccc(N2C=NC=CC2c2cnc3ccccn23)c1. The lowest BCUT2D eigenvalue weighted by Gasteiger charge is -2.29. The summed E-state index contributed by atoms with van der Waals surface area (Å²) in [5, 5.41) is 0. The van der Waals surface area contributed by atoms with Gasteiger partial charge in [0.25, 0.3) is 0 Å². The van der Waals surface area contributed by atoms with Crippen molar-refractivity contribution in [1.29, 1.82) is 0 Å². The lowest BCUT2D eigenvalue weighted by Crippen LogP contribution is -2.28. The third-order valence-corrected chi connectivity index (χ3v) is 4.19. The van der Waals surface area contributed by atoms with Crippen LogP contribution in [0.25, 0.3) is 5.65 Å². The van der Waals surface area contributed by atoms with Crippen LogP contribution >= 0.6 is 15.9 Å². The molecule has 1 unspecified atom stereocenters. The topological polar surface area (TPSA) is 32.9 Å². The second-order valence-electron chi connectivity index (χ2n) is 5.05. The molecule has 0 amide bonds. The molecular formula is C17H13BrN4. The second kappa shape index (κ2) is 5.42. The minimum absolute atomic E-state index is 0.0594. The molecule has 0 radical (unpaired) electrons. The first kappa shape index (κ1) is 13.3. The van der Waals surface area contributed by atoms with Crippen LogP contribution in [0.3, 0.4) is 0 Å². The Kier molecular flexibility index (Phi) is 3.27. The van der Waals surface area contributed by atoms with Gasteiger partial charge in [-0.25, -0.2) is 9.98 Å². The maximum atomic E-state index is 4.49. The summed E-state index contributed by atoms with van der Waals surface area (Å²) < 4.78 is 3.16. The van der Waals surface area contributed by atoms with Gasteiger partial charge in [-0.2, -0.15) is 0 Å².